The van der Waals surface area contributed by atoms with Gasteiger partial charge in [-0.25, -0.2) is 9.69 Å². The average molecular weight is 365 g/mol. The highest BCUT2D eigenvalue weighted by Gasteiger charge is 2.27. The van der Waals surface area contributed by atoms with Gasteiger partial charge >= 0.3 is 0 Å². The smallest absolute Gasteiger partial charge is 0.179 e. The lowest BCUT2D eigenvalue weighted by Crippen LogP contribution is -2.37. The molecular weight excluding hydrogens is 346 g/mol. The summed E-state index contributed by atoms with van der Waals surface area (Å²) in [4.78, 5) is 9.30. The van der Waals surface area contributed by atoms with Gasteiger partial charge in [-0.3, -0.25) is 0 Å². The lowest BCUT2D eigenvalue weighted by atomic mass is 10.00. The quantitative estimate of drug-likeness (QED) is 0.341. The van der Waals surface area contributed by atoms with E-state index in [-0.39, 0.29) is 5.54 Å². The summed E-state index contributed by atoms with van der Waals surface area (Å²) in [7, 11) is 0. The summed E-state index contributed by atoms with van der Waals surface area (Å²) < 4.78 is 6.06. The molecule has 0 amide bonds. The second-order valence-electron chi connectivity index (χ2n) is 7.69. The van der Waals surface area contributed by atoms with E-state index in [2.05, 4.69) is 47.5 Å². The molecule has 0 fully saturated rings. The molecule has 0 bridgehead atoms. The molecule has 0 aliphatic carbocycles. The highest BCUT2D eigenvalue weighted by molar-refractivity contribution is 6.12. The van der Waals surface area contributed by atoms with Crippen LogP contribution in [-0.4, -0.2) is 5.54 Å². The first kappa shape index (κ1) is 17.6. The number of benzene rings is 3. The van der Waals surface area contributed by atoms with Gasteiger partial charge in [0, 0.05) is 16.6 Å². The fraction of sp³-hybridized carbons (Fsp3) is 0.167. The van der Waals surface area contributed by atoms with Crippen molar-refractivity contribution in [3.05, 3.63) is 83.5 Å². The molecule has 28 heavy (non-hydrogen) atoms. The lowest BCUT2D eigenvalue weighted by molar-refractivity contribution is 0.561. The summed E-state index contributed by atoms with van der Waals surface area (Å²) in [6, 6.07) is 19.3. The number of fused-ring (bicyclic) bond motifs is 3. The summed E-state index contributed by atoms with van der Waals surface area (Å²) in [6.07, 6.45) is 0. The van der Waals surface area contributed by atoms with Crippen LogP contribution < -0.4 is 4.90 Å². The van der Waals surface area contributed by atoms with E-state index in [1.807, 2.05) is 42.5 Å². The summed E-state index contributed by atoms with van der Waals surface area (Å²) in [5.74, 6) is 0. The monoisotopic (exact) mass is 365 g/mol. The zero-order valence-corrected chi connectivity index (χ0v) is 16.0. The standard InChI is InChI=1S/C24H19N3O/c1-24(2,3)27(18-14-16(25-4)13-17(15-18)26-5)20-10-8-12-22-23(20)19-9-6-7-11-21(19)28-22/h6-15H,1-3H3. The molecular formula is C24H19N3O. The van der Waals surface area contributed by atoms with Crippen molar-refractivity contribution in [1.29, 1.82) is 0 Å². The van der Waals surface area contributed by atoms with Gasteiger partial charge in [0.15, 0.2) is 11.4 Å². The van der Waals surface area contributed by atoms with Crippen LogP contribution in [0.25, 0.3) is 31.6 Å². The number of nitrogens with zero attached hydrogens (tertiary/aromatic N) is 3. The van der Waals surface area contributed by atoms with Crippen molar-refractivity contribution < 1.29 is 4.42 Å². The third-order valence-electron chi connectivity index (χ3n) is 4.70. The van der Waals surface area contributed by atoms with Crippen LogP contribution in [0.15, 0.2) is 65.1 Å². The number of rotatable bonds is 2. The molecule has 0 aliphatic rings. The number of furan rings is 1. The molecule has 4 aromatic rings. The zero-order chi connectivity index (χ0) is 19.9. The predicted molar refractivity (Wildman–Crippen MR) is 115 cm³/mol. The highest BCUT2D eigenvalue weighted by Crippen LogP contribution is 2.43. The Bertz CT molecular complexity index is 1250. The van der Waals surface area contributed by atoms with Gasteiger partial charge < -0.3 is 9.32 Å². The summed E-state index contributed by atoms with van der Waals surface area (Å²) in [6.45, 7) is 21.2. The fourth-order valence-corrected chi connectivity index (χ4v) is 3.67. The van der Waals surface area contributed by atoms with Gasteiger partial charge in [-0.05, 0) is 51.1 Å². The molecule has 4 rings (SSSR count). The van der Waals surface area contributed by atoms with Crippen LogP contribution in [0.2, 0.25) is 0 Å². The van der Waals surface area contributed by atoms with Crippen molar-refractivity contribution in [2.24, 2.45) is 0 Å². The Kier molecular flexibility index (Phi) is 4.06. The fourth-order valence-electron chi connectivity index (χ4n) is 3.67. The normalized spacial score (nSPS) is 11.3. The number of hydrogen-bond acceptors (Lipinski definition) is 2. The van der Waals surface area contributed by atoms with Crippen LogP contribution in [-0.2, 0) is 0 Å². The summed E-state index contributed by atoms with van der Waals surface area (Å²) >= 11 is 0. The van der Waals surface area contributed by atoms with Crippen molar-refractivity contribution in [3.8, 4) is 0 Å². The minimum absolute atomic E-state index is 0.285. The molecule has 0 saturated heterocycles. The predicted octanol–water partition coefficient (Wildman–Crippen LogP) is 7.62. The van der Waals surface area contributed by atoms with Crippen LogP contribution in [0.1, 0.15) is 20.8 Å². The molecule has 3 aromatic carbocycles. The third-order valence-corrected chi connectivity index (χ3v) is 4.70. The molecule has 1 aromatic heterocycles. The molecule has 0 aliphatic heterocycles. The zero-order valence-electron chi connectivity index (χ0n) is 16.0. The van der Waals surface area contributed by atoms with E-state index in [0.717, 1.165) is 33.3 Å². The van der Waals surface area contributed by atoms with Crippen LogP contribution >= 0.6 is 0 Å². The Morgan fingerprint density at radius 3 is 2.11 bits per heavy atom. The minimum Gasteiger partial charge on any atom is -0.456 e. The maximum atomic E-state index is 7.42. The van der Waals surface area contributed by atoms with Crippen LogP contribution in [0, 0.1) is 13.1 Å². The Morgan fingerprint density at radius 1 is 0.821 bits per heavy atom. The van der Waals surface area contributed by atoms with Crippen molar-refractivity contribution in [1.82, 2.24) is 0 Å². The van der Waals surface area contributed by atoms with E-state index in [9.17, 15) is 0 Å². The molecule has 0 spiro atoms. The van der Waals surface area contributed by atoms with Crippen molar-refractivity contribution in [3.63, 3.8) is 0 Å². The molecule has 0 saturated carbocycles. The van der Waals surface area contributed by atoms with Gasteiger partial charge in [-0.15, -0.1) is 0 Å². The molecule has 0 unspecified atom stereocenters. The van der Waals surface area contributed by atoms with E-state index in [1.54, 1.807) is 6.07 Å². The van der Waals surface area contributed by atoms with E-state index in [0.29, 0.717) is 11.4 Å². The average Bonchev–Trinajstić information content (AvgIpc) is 3.06. The van der Waals surface area contributed by atoms with Crippen LogP contribution in [0.4, 0.5) is 22.7 Å². The molecule has 0 radical (unpaired) electrons. The Hall–Kier alpha value is -3.76. The maximum Gasteiger partial charge on any atom is 0.179 e. The van der Waals surface area contributed by atoms with E-state index in [4.69, 9.17) is 17.6 Å². The second-order valence-corrected chi connectivity index (χ2v) is 7.69. The molecule has 136 valence electrons. The minimum atomic E-state index is -0.285. The van der Waals surface area contributed by atoms with Crippen LogP contribution in [0.5, 0.6) is 0 Å². The van der Waals surface area contributed by atoms with Crippen molar-refractivity contribution >= 4 is 44.7 Å². The van der Waals surface area contributed by atoms with Gasteiger partial charge in [0.1, 0.15) is 11.2 Å². The Balaban J connectivity index is 2.07. The summed E-state index contributed by atoms with van der Waals surface area (Å²) in [5, 5.41) is 2.08. The van der Waals surface area contributed by atoms with E-state index < -0.39 is 0 Å². The van der Waals surface area contributed by atoms with Crippen molar-refractivity contribution in [2.45, 2.75) is 26.3 Å². The number of hydrogen-bond donors (Lipinski definition) is 0. The first-order valence-corrected chi connectivity index (χ1v) is 9.03. The van der Waals surface area contributed by atoms with Gasteiger partial charge in [0.2, 0.25) is 0 Å². The lowest BCUT2D eigenvalue weighted by Gasteiger charge is -2.38. The topological polar surface area (TPSA) is 25.1 Å². The molecule has 0 N–H and O–H groups in total. The van der Waals surface area contributed by atoms with Gasteiger partial charge in [-0.1, -0.05) is 30.3 Å². The van der Waals surface area contributed by atoms with E-state index in [1.165, 1.54) is 0 Å². The largest absolute Gasteiger partial charge is 0.456 e. The van der Waals surface area contributed by atoms with Crippen LogP contribution in [0.3, 0.4) is 0 Å². The highest BCUT2D eigenvalue weighted by atomic mass is 16.3. The van der Waals surface area contributed by atoms with E-state index >= 15 is 0 Å². The second kappa shape index (κ2) is 6.44. The number of anilines is 2. The first-order valence-electron chi connectivity index (χ1n) is 9.03. The number of para-hydroxylation sites is 1. The first-order chi connectivity index (χ1) is 13.4. The van der Waals surface area contributed by atoms with Gasteiger partial charge in [0.05, 0.1) is 24.2 Å². The molecule has 4 nitrogen and oxygen atoms in total. The summed E-state index contributed by atoms with van der Waals surface area (Å²) in [5.41, 5.74) is 4.11. The van der Waals surface area contributed by atoms with Gasteiger partial charge in [0.25, 0.3) is 0 Å². The SMILES string of the molecule is [C-]#[N+]c1cc([N+]#[C-])cc(N(c2cccc3oc4ccccc4c23)C(C)(C)C)c1. The van der Waals surface area contributed by atoms with Crippen molar-refractivity contribution in [2.75, 3.05) is 4.90 Å². The third kappa shape index (κ3) is 2.86. The Morgan fingerprint density at radius 2 is 1.46 bits per heavy atom. The van der Waals surface area contributed by atoms with Gasteiger partial charge in [-0.2, -0.15) is 0 Å². The molecule has 1 heterocycles. The molecule has 0 atom stereocenters. The maximum absolute atomic E-state index is 7.42. The molecule has 4 heteroatoms. The Labute approximate surface area is 164 Å².